The summed E-state index contributed by atoms with van der Waals surface area (Å²) < 4.78 is 5.32. The molecule has 2 aromatic rings. The molecule has 0 spiro atoms. The lowest BCUT2D eigenvalue weighted by Gasteiger charge is -2.40. The van der Waals surface area contributed by atoms with Gasteiger partial charge in [-0.2, -0.15) is 0 Å². The summed E-state index contributed by atoms with van der Waals surface area (Å²) in [5, 5.41) is 11.6. The van der Waals surface area contributed by atoms with Crippen molar-refractivity contribution in [2.45, 2.75) is 35.5 Å². The van der Waals surface area contributed by atoms with Crippen LogP contribution in [0.25, 0.3) is 0 Å². The van der Waals surface area contributed by atoms with Gasteiger partial charge in [0.25, 0.3) is 0 Å². The quantitative estimate of drug-likeness (QED) is 0.854. The molecule has 1 aliphatic heterocycles. The number of hydrogen-bond donors (Lipinski definition) is 2. The highest BCUT2D eigenvalue weighted by molar-refractivity contribution is 8.00. The number of hydrogen-bond acceptors (Lipinski definition) is 5. The molecule has 4 nitrogen and oxygen atoms in total. The van der Waals surface area contributed by atoms with Crippen LogP contribution in [0.15, 0.2) is 28.0 Å². The fraction of sp³-hybridized carbons (Fsp3) is 0.500. The molecule has 0 radical (unpaired) electrons. The van der Waals surface area contributed by atoms with Crippen molar-refractivity contribution in [3.63, 3.8) is 0 Å². The standard InChI is InChI=1S/C18H19NO3S2/c1-22-12-7-9(4-5-11(12)20)14-13-8-2-3-10(6-8)15(13)23-17-16(14)24-18(21)19-17/h4-5,7-8,10,13-15,20H,2-3,6H2,1H3,(H,19,21)/t8-,10-,13+,14-,15+/m0/s1. The molecule has 2 heterocycles. The highest BCUT2D eigenvalue weighted by Crippen LogP contribution is 2.63. The predicted molar refractivity (Wildman–Crippen MR) is 95.4 cm³/mol. The lowest BCUT2D eigenvalue weighted by atomic mass is 9.75. The van der Waals surface area contributed by atoms with Crippen LogP contribution in [0.4, 0.5) is 0 Å². The van der Waals surface area contributed by atoms with Crippen molar-refractivity contribution in [1.29, 1.82) is 0 Å². The number of thioether (sulfide) groups is 1. The smallest absolute Gasteiger partial charge is 0.305 e. The molecular formula is C18H19NO3S2. The number of aromatic hydroxyl groups is 1. The van der Waals surface area contributed by atoms with Gasteiger partial charge in [-0.15, -0.1) is 11.8 Å². The van der Waals surface area contributed by atoms with E-state index < -0.39 is 0 Å². The van der Waals surface area contributed by atoms with Gasteiger partial charge in [0.2, 0.25) is 0 Å². The highest BCUT2D eigenvalue weighted by Gasteiger charge is 2.54. The van der Waals surface area contributed by atoms with Gasteiger partial charge in [-0.3, -0.25) is 4.79 Å². The lowest BCUT2D eigenvalue weighted by molar-refractivity contribution is 0.306. The molecule has 1 aromatic heterocycles. The van der Waals surface area contributed by atoms with Crippen LogP contribution in [0.2, 0.25) is 0 Å². The Balaban J connectivity index is 1.68. The number of methoxy groups -OCH3 is 1. The molecule has 126 valence electrons. The van der Waals surface area contributed by atoms with Crippen molar-refractivity contribution in [3.05, 3.63) is 38.3 Å². The van der Waals surface area contributed by atoms with Crippen LogP contribution in [0.5, 0.6) is 11.5 Å². The summed E-state index contributed by atoms with van der Waals surface area (Å²) in [7, 11) is 1.58. The number of ether oxygens (including phenoxy) is 1. The molecule has 2 saturated carbocycles. The Morgan fingerprint density at radius 3 is 2.96 bits per heavy atom. The third kappa shape index (κ3) is 2.02. The maximum Gasteiger partial charge on any atom is 0.305 e. The molecule has 24 heavy (non-hydrogen) atoms. The summed E-state index contributed by atoms with van der Waals surface area (Å²) in [4.78, 5) is 16.3. The number of rotatable bonds is 2. The molecule has 2 aliphatic carbocycles. The van der Waals surface area contributed by atoms with Crippen LogP contribution >= 0.6 is 23.1 Å². The number of H-pyrrole nitrogens is 1. The Kier molecular flexibility index (Phi) is 3.29. The van der Waals surface area contributed by atoms with E-state index in [1.54, 1.807) is 13.2 Å². The third-order valence-corrected chi connectivity index (χ3v) is 8.65. The zero-order valence-corrected chi connectivity index (χ0v) is 15.0. The largest absolute Gasteiger partial charge is 0.504 e. The normalized spacial score (nSPS) is 33.3. The maximum atomic E-state index is 12.0. The van der Waals surface area contributed by atoms with E-state index >= 15 is 0 Å². The van der Waals surface area contributed by atoms with Gasteiger partial charge in [-0.25, -0.2) is 0 Å². The zero-order chi connectivity index (χ0) is 16.4. The number of fused-ring (bicyclic) bond motifs is 6. The SMILES string of the molecule is COc1cc([C@@H]2c3sc(=O)[nH]c3S[C@@H]3[C@H]4CC[C@@H](C4)[C@H]23)ccc1O. The summed E-state index contributed by atoms with van der Waals surface area (Å²) in [5.41, 5.74) is 1.16. The zero-order valence-electron chi connectivity index (χ0n) is 13.3. The Bertz CT molecular complexity index is 858. The number of aromatic nitrogens is 1. The van der Waals surface area contributed by atoms with E-state index in [1.165, 1.54) is 35.5 Å². The van der Waals surface area contributed by atoms with Crippen LogP contribution in [0, 0.1) is 17.8 Å². The minimum atomic E-state index is 0.0376. The van der Waals surface area contributed by atoms with E-state index in [1.807, 2.05) is 23.9 Å². The van der Waals surface area contributed by atoms with Gasteiger partial charge >= 0.3 is 4.87 Å². The minimum absolute atomic E-state index is 0.0376. The fourth-order valence-electron chi connectivity index (χ4n) is 5.11. The lowest BCUT2D eigenvalue weighted by Crippen LogP contribution is -2.33. The fourth-order valence-corrected chi connectivity index (χ4v) is 8.00. The summed E-state index contributed by atoms with van der Waals surface area (Å²) in [6.45, 7) is 0. The summed E-state index contributed by atoms with van der Waals surface area (Å²) >= 11 is 3.25. The van der Waals surface area contributed by atoms with Crippen molar-refractivity contribution in [3.8, 4) is 11.5 Å². The van der Waals surface area contributed by atoms with Gasteiger partial charge in [-0.1, -0.05) is 17.4 Å². The topological polar surface area (TPSA) is 62.3 Å². The van der Waals surface area contributed by atoms with Crippen LogP contribution in [-0.4, -0.2) is 22.5 Å². The molecule has 2 N–H and O–H groups in total. The number of nitrogens with one attached hydrogen (secondary N) is 1. The maximum absolute atomic E-state index is 12.0. The Morgan fingerprint density at radius 1 is 1.29 bits per heavy atom. The van der Waals surface area contributed by atoms with Crippen LogP contribution in [0.3, 0.4) is 0 Å². The van der Waals surface area contributed by atoms with E-state index in [4.69, 9.17) is 4.74 Å². The molecule has 0 saturated heterocycles. The second kappa shape index (κ2) is 5.30. The van der Waals surface area contributed by atoms with Gasteiger partial charge in [0.05, 0.1) is 12.1 Å². The average Bonchev–Trinajstić information content (AvgIpc) is 3.26. The first kappa shape index (κ1) is 14.9. The molecule has 1 aromatic carbocycles. The molecule has 5 atom stereocenters. The highest BCUT2D eigenvalue weighted by atomic mass is 32.2. The number of benzene rings is 1. The van der Waals surface area contributed by atoms with E-state index in [2.05, 4.69) is 4.98 Å². The molecule has 6 heteroatoms. The number of aromatic amines is 1. The monoisotopic (exact) mass is 361 g/mol. The van der Waals surface area contributed by atoms with Gasteiger partial charge in [0.1, 0.15) is 0 Å². The number of phenolic OH excluding ortho intramolecular Hbond substituents is 1. The molecular weight excluding hydrogens is 342 g/mol. The first-order valence-corrected chi connectivity index (χ1v) is 10.1. The van der Waals surface area contributed by atoms with Crippen molar-refractivity contribution in [1.82, 2.24) is 4.98 Å². The molecule has 5 rings (SSSR count). The van der Waals surface area contributed by atoms with E-state index in [0.717, 1.165) is 22.4 Å². The Hall–Kier alpha value is -1.40. The van der Waals surface area contributed by atoms with Gasteiger partial charge in [-0.05, 0) is 54.7 Å². The molecule has 3 aliphatic rings. The van der Waals surface area contributed by atoms with Crippen molar-refractivity contribution >= 4 is 23.1 Å². The number of phenols is 1. The predicted octanol–water partition coefficient (Wildman–Crippen LogP) is 3.80. The summed E-state index contributed by atoms with van der Waals surface area (Å²) in [6, 6.07) is 5.66. The van der Waals surface area contributed by atoms with E-state index in [9.17, 15) is 9.90 Å². The van der Waals surface area contributed by atoms with Crippen LogP contribution in [-0.2, 0) is 0 Å². The van der Waals surface area contributed by atoms with E-state index in [0.29, 0.717) is 16.9 Å². The molecule has 2 fully saturated rings. The number of thiazole rings is 1. The van der Waals surface area contributed by atoms with Crippen molar-refractivity contribution in [2.24, 2.45) is 17.8 Å². The first-order chi connectivity index (χ1) is 11.7. The average molecular weight is 361 g/mol. The Morgan fingerprint density at radius 2 is 2.12 bits per heavy atom. The van der Waals surface area contributed by atoms with Crippen LogP contribution in [0.1, 0.15) is 35.6 Å². The second-order valence-electron chi connectivity index (χ2n) is 7.11. The first-order valence-electron chi connectivity index (χ1n) is 8.42. The molecule has 2 bridgehead atoms. The van der Waals surface area contributed by atoms with Crippen molar-refractivity contribution in [2.75, 3.05) is 7.11 Å². The summed E-state index contributed by atoms with van der Waals surface area (Å²) in [6.07, 6.45) is 3.97. The van der Waals surface area contributed by atoms with E-state index in [-0.39, 0.29) is 16.5 Å². The van der Waals surface area contributed by atoms with Gasteiger partial charge in [0.15, 0.2) is 11.5 Å². The van der Waals surface area contributed by atoms with Gasteiger partial charge < -0.3 is 14.8 Å². The minimum Gasteiger partial charge on any atom is -0.504 e. The van der Waals surface area contributed by atoms with Crippen LogP contribution < -0.4 is 9.61 Å². The third-order valence-electron chi connectivity index (χ3n) is 6.03. The van der Waals surface area contributed by atoms with Gasteiger partial charge in [0, 0.05) is 16.0 Å². The second-order valence-corrected chi connectivity index (χ2v) is 9.31. The Labute approximate surface area is 148 Å². The van der Waals surface area contributed by atoms with Crippen molar-refractivity contribution < 1.29 is 9.84 Å². The molecule has 0 unspecified atom stereocenters. The molecule has 0 amide bonds. The summed E-state index contributed by atoms with van der Waals surface area (Å²) in [5.74, 6) is 3.03.